The van der Waals surface area contributed by atoms with Crippen molar-refractivity contribution in [3.63, 3.8) is 0 Å². The zero-order chi connectivity index (χ0) is 13.8. The van der Waals surface area contributed by atoms with Gasteiger partial charge in [0.25, 0.3) is 0 Å². The van der Waals surface area contributed by atoms with Crippen molar-refractivity contribution in [3.8, 4) is 6.07 Å². The minimum Gasteiger partial charge on any atom is -0.379 e. The van der Waals surface area contributed by atoms with Gasteiger partial charge in [-0.3, -0.25) is 4.68 Å². The number of nitrogens with zero attached hydrogens (tertiary/aromatic N) is 3. The molecule has 0 saturated carbocycles. The second-order valence-corrected chi connectivity index (χ2v) is 4.61. The van der Waals surface area contributed by atoms with Crippen molar-refractivity contribution in [1.29, 1.82) is 5.26 Å². The minimum atomic E-state index is 0.605. The molecular formula is C14H15ClN4. The lowest BCUT2D eigenvalue weighted by Crippen LogP contribution is -2.05. The van der Waals surface area contributed by atoms with E-state index in [9.17, 15) is 0 Å². The number of anilines is 1. The molecule has 0 aliphatic heterocycles. The van der Waals surface area contributed by atoms with Gasteiger partial charge >= 0.3 is 0 Å². The third-order valence-corrected chi connectivity index (χ3v) is 3.41. The van der Waals surface area contributed by atoms with Crippen LogP contribution in [-0.2, 0) is 20.0 Å². The molecule has 0 spiro atoms. The molecular weight excluding hydrogens is 260 g/mol. The maximum Gasteiger partial charge on any atom is 0.0991 e. The van der Waals surface area contributed by atoms with Crippen LogP contribution in [0.2, 0.25) is 5.02 Å². The number of aromatic nitrogens is 2. The molecule has 1 aromatic heterocycles. The average Bonchev–Trinajstić information content (AvgIpc) is 2.72. The fourth-order valence-electron chi connectivity index (χ4n) is 1.86. The molecule has 0 radical (unpaired) electrons. The van der Waals surface area contributed by atoms with Crippen LogP contribution >= 0.6 is 11.6 Å². The molecule has 1 aromatic carbocycles. The molecule has 4 nitrogen and oxygen atoms in total. The third-order valence-electron chi connectivity index (χ3n) is 2.98. The summed E-state index contributed by atoms with van der Waals surface area (Å²) >= 11 is 6.28. The number of nitrogens with one attached hydrogen (secondary N) is 1. The second-order valence-electron chi connectivity index (χ2n) is 4.23. The van der Waals surface area contributed by atoms with E-state index in [0.29, 0.717) is 12.1 Å². The number of halogens is 1. The maximum absolute atomic E-state index is 8.74. The Morgan fingerprint density at radius 2 is 2.05 bits per heavy atom. The van der Waals surface area contributed by atoms with Gasteiger partial charge in [0.15, 0.2) is 0 Å². The zero-order valence-corrected chi connectivity index (χ0v) is 11.7. The van der Waals surface area contributed by atoms with Crippen LogP contribution in [-0.4, -0.2) is 9.78 Å². The number of nitriles is 1. The van der Waals surface area contributed by atoms with E-state index in [2.05, 4.69) is 16.5 Å². The minimum absolute atomic E-state index is 0.605. The van der Waals surface area contributed by atoms with Crippen LogP contribution in [0.5, 0.6) is 0 Å². The quantitative estimate of drug-likeness (QED) is 0.932. The second kappa shape index (κ2) is 5.77. The Labute approximate surface area is 117 Å². The summed E-state index contributed by atoms with van der Waals surface area (Å²) in [7, 11) is 1.89. The normalized spacial score (nSPS) is 10.2. The zero-order valence-electron chi connectivity index (χ0n) is 10.9. The van der Waals surface area contributed by atoms with E-state index in [4.69, 9.17) is 16.9 Å². The van der Waals surface area contributed by atoms with E-state index < -0.39 is 0 Å². The van der Waals surface area contributed by atoms with Gasteiger partial charge in [-0.25, -0.2) is 0 Å². The van der Waals surface area contributed by atoms with Gasteiger partial charge in [0.2, 0.25) is 0 Å². The molecule has 0 aliphatic carbocycles. The first-order valence-corrected chi connectivity index (χ1v) is 6.47. The summed E-state index contributed by atoms with van der Waals surface area (Å²) in [5.41, 5.74) is 3.48. The Bertz CT molecular complexity index is 608. The van der Waals surface area contributed by atoms with Crippen LogP contribution in [0.1, 0.15) is 23.9 Å². The molecule has 1 heterocycles. The van der Waals surface area contributed by atoms with Crippen LogP contribution in [0.4, 0.5) is 5.69 Å². The lowest BCUT2D eigenvalue weighted by Gasteiger charge is -2.07. The highest BCUT2D eigenvalue weighted by molar-refractivity contribution is 6.31. The summed E-state index contributed by atoms with van der Waals surface area (Å²) in [6.07, 6.45) is 0.823. The van der Waals surface area contributed by atoms with Crippen LogP contribution in [0.3, 0.4) is 0 Å². The fourth-order valence-corrected chi connectivity index (χ4v) is 2.22. The SMILES string of the molecule is CCc1nn(C)c(CNc2ccc(C#N)cc2)c1Cl. The van der Waals surface area contributed by atoms with E-state index in [1.54, 1.807) is 16.8 Å². The van der Waals surface area contributed by atoms with Crippen molar-refractivity contribution >= 4 is 17.3 Å². The largest absolute Gasteiger partial charge is 0.379 e. The van der Waals surface area contributed by atoms with Crippen LogP contribution in [0.25, 0.3) is 0 Å². The van der Waals surface area contributed by atoms with Gasteiger partial charge in [-0.2, -0.15) is 10.4 Å². The molecule has 5 heteroatoms. The number of hydrogen-bond donors (Lipinski definition) is 1. The van der Waals surface area contributed by atoms with E-state index >= 15 is 0 Å². The first-order valence-electron chi connectivity index (χ1n) is 6.10. The van der Waals surface area contributed by atoms with Crippen molar-refractivity contribution in [2.75, 3.05) is 5.32 Å². The Kier molecular flexibility index (Phi) is 4.08. The molecule has 1 N–H and O–H groups in total. The highest BCUT2D eigenvalue weighted by Crippen LogP contribution is 2.21. The smallest absolute Gasteiger partial charge is 0.0991 e. The summed E-state index contributed by atoms with van der Waals surface area (Å²) in [6, 6.07) is 9.42. The molecule has 0 fully saturated rings. The third kappa shape index (κ3) is 2.88. The van der Waals surface area contributed by atoms with Crippen molar-refractivity contribution < 1.29 is 0 Å². The van der Waals surface area contributed by atoms with Crippen LogP contribution in [0.15, 0.2) is 24.3 Å². The summed E-state index contributed by atoms with van der Waals surface area (Å²) < 4.78 is 1.80. The lowest BCUT2D eigenvalue weighted by molar-refractivity contribution is 0.707. The lowest BCUT2D eigenvalue weighted by atomic mass is 10.2. The summed E-state index contributed by atoms with van der Waals surface area (Å²) in [5, 5.41) is 17.1. The van der Waals surface area contributed by atoms with Gasteiger partial charge in [-0.05, 0) is 30.7 Å². The Hall–Kier alpha value is -1.99. The number of aryl methyl sites for hydroxylation is 2. The maximum atomic E-state index is 8.74. The molecule has 2 aromatic rings. The molecule has 0 saturated heterocycles. The van der Waals surface area contributed by atoms with Crippen molar-refractivity contribution in [2.24, 2.45) is 7.05 Å². The van der Waals surface area contributed by atoms with Crippen molar-refractivity contribution in [1.82, 2.24) is 9.78 Å². The predicted octanol–water partition coefficient (Wildman–Crippen LogP) is 3.12. The molecule has 0 unspecified atom stereocenters. The summed E-state index contributed by atoms with van der Waals surface area (Å²) in [5.74, 6) is 0. The van der Waals surface area contributed by atoms with E-state index in [1.807, 2.05) is 26.1 Å². The molecule has 0 amide bonds. The summed E-state index contributed by atoms with van der Waals surface area (Å²) in [4.78, 5) is 0. The fraction of sp³-hybridized carbons (Fsp3) is 0.286. The predicted molar refractivity (Wildman–Crippen MR) is 76.1 cm³/mol. The van der Waals surface area contributed by atoms with E-state index in [0.717, 1.165) is 28.5 Å². The van der Waals surface area contributed by atoms with Gasteiger partial charge in [0, 0.05) is 12.7 Å². The number of hydrogen-bond acceptors (Lipinski definition) is 3. The van der Waals surface area contributed by atoms with E-state index in [1.165, 1.54) is 0 Å². The summed E-state index contributed by atoms with van der Waals surface area (Å²) in [6.45, 7) is 2.64. The topological polar surface area (TPSA) is 53.6 Å². The highest BCUT2D eigenvalue weighted by atomic mass is 35.5. The van der Waals surface area contributed by atoms with Gasteiger partial charge < -0.3 is 5.32 Å². The molecule has 0 bridgehead atoms. The first-order chi connectivity index (χ1) is 9.15. The molecule has 98 valence electrons. The van der Waals surface area contributed by atoms with Crippen LogP contribution in [0, 0.1) is 11.3 Å². The molecule has 19 heavy (non-hydrogen) atoms. The standard InChI is InChI=1S/C14H15ClN4/c1-3-12-14(15)13(19(2)18-12)9-17-11-6-4-10(8-16)5-7-11/h4-7,17H,3,9H2,1-2H3. The van der Waals surface area contributed by atoms with Gasteiger partial charge in [-0.1, -0.05) is 18.5 Å². The average molecular weight is 275 g/mol. The van der Waals surface area contributed by atoms with Crippen LogP contribution < -0.4 is 5.32 Å². The van der Waals surface area contributed by atoms with Gasteiger partial charge in [-0.15, -0.1) is 0 Å². The van der Waals surface area contributed by atoms with Crippen molar-refractivity contribution in [3.05, 3.63) is 46.2 Å². The van der Waals surface area contributed by atoms with E-state index in [-0.39, 0.29) is 0 Å². The Morgan fingerprint density at radius 3 is 2.58 bits per heavy atom. The highest BCUT2D eigenvalue weighted by Gasteiger charge is 2.12. The monoisotopic (exact) mass is 274 g/mol. The number of rotatable bonds is 4. The first kappa shape index (κ1) is 13.4. The Morgan fingerprint density at radius 1 is 1.37 bits per heavy atom. The Balaban J connectivity index is 2.10. The van der Waals surface area contributed by atoms with Crippen molar-refractivity contribution in [2.45, 2.75) is 19.9 Å². The van der Waals surface area contributed by atoms with Gasteiger partial charge in [0.1, 0.15) is 0 Å². The number of benzene rings is 1. The van der Waals surface area contributed by atoms with Gasteiger partial charge in [0.05, 0.1) is 34.6 Å². The molecule has 2 rings (SSSR count). The molecule has 0 aliphatic rings. The molecule has 0 atom stereocenters.